The quantitative estimate of drug-likeness (QED) is 0.169. The minimum absolute atomic E-state index is 0.0365. The maximum absolute atomic E-state index is 14.0. The fourth-order valence-electron chi connectivity index (χ4n) is 4.84. The highest BCUT2D eigenvalue weighted by Gasteiger charge is 2.26. The molecule has 0 unspecified atom stereocenters. The van der Waals surface area contributed by atoms with Crippen LogP contribution >= 0.6 is 0 Å². The largest absolute Gasteiger partial charge is 0.278 e. The molecular weight excluding hydrogens is 532 g/mol. The lowest BCUT2D eigenvalue weighted by Gasteiger charge is -2.10. The molecule has 0 aliphatic heterocycles. The number of para-hydroxylation sites is 2. The Morgan fingerprint density at radius 3 is 1.93 bits per heavy atom. The summed E-state index contributed by atoms with van der Waals surface area (Å²) in [4.78, 5) is 27.0. The van der Waals surface area contributed by atoms with Crippen molar-refractivity contribution in [3.63, 3.8) is 0 Å². The molecule has 0 bridgehead atoms. The van der Waals surface area contributed by atoms with E-state index in [2.05, 4.69) is 4.98 Å². The number of aromatic nitrogens is 2. The molecule has 196 valence electrons. The molecule has 0 atom stereocenters. The van der Waals surface area contributed by atoms with Crippen molar-refractivity contribution in [1.82, 2.24) is 8.96 Å². The Hall–Kier alpha value is -5.42. The molecule has 11 heteroatoms. The molecule has 10 nitrogen and oxygen atoms in total. The maximum Gasteiger partial charge on any atom is 0.278 e. The van der Waals surface area contributed by atoms with Gasteiger partial charge < -0.3 is 0 Å². The van der Waals surface area contributed by atoms with Crippen molar-refractivity contribution < 1.29 is 18.3 Å². The normalized spacial score (nSPS) is 11.6. The van der Waals surface area contributed by atoms with Gasteiger partial charge in [0.05, 0.1) is 37.1 Å². The highest BCUT2D eigenvalue weighted by Crippen LogP contribution is 2.38. The molecule has 0 saturated heterocycles. The highest BCUT2D eigenvalue weighted by molar-refractivity contribution is 7.90. The summed E-state index contributed by atoms with van der Waals surface area (Å²) in [6.07, 6.45) is 0. The van der Waals surface area contributed by atoms with Gasteiger partial charge in [0.1, 0.15) is 0 Å². The van der Waals surface area contributed by atoms with E-state index in [1.807, 2.05) is 0 Å². The molecule has 0 aliphatic rings. The first-order valence-electron chi connectivity index (χ1n) is 12.0. The van der Waals surface area contributed by atoms with E-state index in [1.165, 1.54) is 24.3 Å². The van der Waals surface area contributed by atoms with Crippen LogP contribution in [0.5, 0.6) is 0 Å². The van der Waals surface area contributed by atoms with Crippen LogP contribution in [0.4, 0.5) is 11.4 Å². The molecular formula is C29H18N4O6S. The number of nitrogens with zero attached hydrogens (tertiary/aromatic N) is 4. The van der Waals surface area contributed by atoms with Gasteiger partial charge in [0.2, 0.25) is 0 Å². The number of fused-ring (bicyclic) bond motifs is 3. The third kappa shape index (κ3) is 3.96. The van der Waals surface area contributed by atoms with Crippen LogP contribution in [0.1, 0.15) is 0 Å². The molecule has 0 saturated carbocycles. The van der Waals surface area contributed by atoms with Crippen molar-refractivity contribution in [2.75, 3.05) is 0 Å². The second-order valence-corrected chi connectivity index (χ2v) is 10.7. The van der Waals surface area contributed by atoms with Gasteiger partial charge in [-0.3, -0.25) is 20.2 Å². The molecule has 0 aliphatic carbocycles. The van der Waals surface area contributed by atoms with E-state index in [0.29, 0.717) is 27.4 Å². The minimum atomic E-state index is -4.16. The minimum Gasteiger partial charge on any atom is -0.258 e. The zero-order chi connectivity index (χ0) is 28.0. The summed E-state index contributed by atoms with van der Waals surface area (Å²) in [5, 5.41) is 24.3. The Morgan fingerprint density at radius 1 is 0.650 bits per heavy atom. The summed E-state index contributed by atoms with van der Waals surface area (Å²) < 4.78 is 29.1. The number of nitro benzene ring substituents is 2. The molecule has 6 aromatic rings. The van der Waals surface area contributed by atoms with E-state index in [-0.39, 0.29) is 33.2 Å². The fraction of sp³-hybridized carbons (Fsp3) is 0. The van der Waals surface area contributed by atoms with Crippen LogP contribution in [-0.4, -0.2) is 27.2 Å². The van der Waals surface area contributed by atoms with E-state index in [9.17, 15) is 28.6 Å². The van der Waals surface area contributed by atoms with Gasteiger partial charge >= 0.3 is 0 Å². The highest BCUT2D eigenvalue weighted by atomic mass is 32.2. The topological polar surface area (TPSA) is 138 Å². The lowest BCUT2D eigenvalue weighted by molar-refractivity contribution is -0.384. The van der Waals surface area contributed by atoms with E-state index < -0.39 is 19.9 Å². The zero-order valence-electron chi connectivity index (χ0n) is 20.5. The molecule has 0 spiro atoms. The van der Waals surface area contributed by atoms with Crippen molar-refractivity contribution in [2.24, 2.45) is 0 Å². The van der Waals surface area contributed by atoms with Gasteiger partial charge in [-0.05, 0) is 54.1 Å². The van der Waals surface area contributed by atoms with E-state index in [4.69, 9.17) is 0 Å². The average molecular weight is 551 g/mol. The van der Waals surface area contributed by atoms with Crippen LogP contribution in [-0.2, 0) is 10.0 Å². The fourth-order valence-corrected chi connectivity index (χ4v) is 6.34. The predicted octanol–water partition coefficient (Wildman–Crippen LogP) is 6.58. The summed E-state index contributed by atoms with van der Waals surface area (Å²) in [6, 6.07) is 28.4. The summed E-state index contributed by atoms with van der Waals surface area (Å²) >= 11 is 0. The van der Waals surface area contributed by atoms with Crippen LogP contribution in [0.25, 0.3) is 44.3 Å². The average Bonchev–Trinajstić information content (AvgIpc) is 3.31. The van der Waals surface area contributed by atoms with Crippen molar-refractivity contribution in [3.05, 3.63) is 129 Å². The first-order valence-corrected chi connectivity index (χ1v) is 13.4. The third-order valence-electron chi connectivity index (χ3n) is 6.64. The zero-order valence-corrected chi connectivity index (χ0v) is 21.4. The number of nitro groups is 2. The number of hydrogen-bond donors (Lipinski definition) is 0. The number of hydrogen-bond acceptors (Lipinski definition) is 7. The third-order valence-corrected chi connectivity index (χ3v) is 8.36. The first kappa shape index (κ1) is 24.9. The van der Waals surface area contributed by atoms with Crippen LogP contribution in [0.3, 0.4) is 0 Å². The molecule has 6 rings (SSSR count). The summed E-state index contributed by atoms with van der Waals surface area (Å²) in [7, 11) is -4.16. The van der Waals surface area contributed by atoms with Gasteiger partial charge in [0.15, 0.2) is 5.65 Å². The van der Waals surface area contributed by atoms with Crippen LogP contribution < -0.4 is 0 Å². The monoisotopic (exact) mass is 550 g/mol. The van der Waals surface area contributed by atoms with E-state index in [0.717, 1.165) is 3.97 Å². The van der Waals surface area contributed by atoms with Gasteiger partial charge in [-0.25, -0.2) is 17.4 Å². The van der Waals surface area contributed by atoms with Gasteiger partial charge in [0, 0.05) is 22.9 Å². The summed E-state index contributed by atoms with van der Waals surface area (Å²) in [6.45, 7) is 0. The molecule has 0 N–H and O–H groups in total. The first-order chi connectivity index (χ1) is 19.3. The smallest absolute Gasteiger partial charge is 0.258 e. The second-order valence-electron chi connectivity index (χ2n) is 8.93. The molecule has 2 aromatic heterocycles. The summed E-state index contributed by atoms with van der Waals surface area (Å²) in [5.74, 6) is 0. The van der Waals surface area contributed by atoms with Crippen molar-refractivity contribution in [3.8, 4) is 22.4 Å². The Kier molecular flexibility index (Phi) is 5.85. The van der Waals surface area contributed by atoms with Gasteiger partial charge in [-0.1, -0.05) is 48.5 Å². The van der Waals surface area contributed by atoms with Crippen LogP contribution in [0.2, 0.25) is 0 Å². The van der Waals surface area contributed by atoms with Crippen molar-refractivity contribution in [2.45, 2.75) is 4.90 Å². The predicted molar refractivity (Wildman–Crippen MR) is 150 cm³/mol. The number of pyridine rings is 1. The van der Waals surface area contributed by atoms with E-state index >= 15 is 0 Å². The molecule has 40 heavy (non-hydrogen) atoms. The van der Waals surface area contributed by atoms with Gasteiger partial charge in [0.25, 0.3) is 21.4 Å². The SMILES string of the molecule is O=[N+]([O-])c1ccccc1-c1ccc2c(c1)c1ccc(-c3ccccc3[N+](=O)[O-])nc1n2S(=O)(=O)c1ccccc1. The Bertz CT molecular complexity index is 2090. The Morgan fingerprint density at radius 2 is 1.25 bits per heavy atom. The van der Waals surface area contributed by atoms with Crippen molar-refractivity contribution >= 4 is 43.3 Å². The lowest BCUT2D eigenvalue weighted by Crippen LogP contribution is -2.13. The summed E-state index contributed by atoms with van der Waals surface area (Å²) in [5.41, 5.74) is 1.52. The number of benzene rings is 4. The van der Waals surface area contributed by atoms with Crippen LogP contribution in [0.15, 0.2) is 114 Å². The molecule has 4 aromatic carbocycles. The second kappa shape index (κ2) is 9.40. The Labute approximate surface area is 227 Å². The lowest BCUT2D eigenvalue weighted by atomic mass is 10.0. The number of rotatable bonds is 6. The van der Waals surface area contributed by atoms with Crippen molar-refractivity contribution in [1.29, 1.82) is 0 Å². The van der Waals surface area contributed by atoms with Gasteiger partial charge in [-0.15, -0.1) is 0 Å². The van der Waals surface area contributed by atoms with E-state index in [1.54, 1.807) is 84.9 Å². The van der Waals surface area contributed by atoms with Crippen LogP contribution in [0, 0.1) is 20.2 Å². The molecule has 0 amide bonds. The Balaban J connectivity index is 1.69. The standard InChI is InChI=1S/C29H18N4O6S/c34-32(35)27-12-6-4-10-21(27)19-14-17-26-24(18-19)22-15-16-25(23-11-5-7-13-28(23)33(36)37)30-29(22)31(26)40(38,39)20-8-2-1-3-9-20/h1-18H. The maximum atomic E-state index is 14.0. The van der Waals surface area contributed by atoms with Gasteiger partial charge in [-0.2, -0.15) is 0 Å². The molecule has 0 radical (unpaired) electrons. The molecule has 2 heterocycles. The molecule has 0 fully saturated rings.